The van der Waals surface area contributed by atoms with E-state index in [4.69, 9.17) is 9.15 Å². The van der Waals surface area contributed by atoms with Crippen molar-refractivity contribution in [3.05, 3.63) is 58.0 Å². The molecule has 1 aromatic carbocycles. The van der Waals surface area contributed by atoms with Crippen molar-refractivity contribution in [3.8, 4) is 0 Å². The van der Waals surface area contributed by atoms with Gasteiger partial charge in [0.1, 0.15) is 5.76 Å². The third kappa shape index (κ3) is 4.83. The van der Waals surface area contributed by atoms with Crippen molar-refractivity contribution in [1.82, 2.24) is 4.90 Å². The van der Waals surface area contributed by atoms with Gasteiger partial charge < -0.3 is 14.1 Å². The highest BCUT2D eigenvalue weighted by Crippen LogP contribution is 2.28. The molecule has 25 heavy (non-hydrogen) atoms. The third-order valence-corrected chi connectivity index (χ3v) is 4.12. The Kier molecular flexibility index (Phi) is 6.18. The second-order valence-corrected chi connectivity index (χ2v) is 5.90. The first kappa shape index (κ1) is 18.5. The summed E-state index contributed by atoms with van der Waals surface area (Å²) in [6, 6.07) is 7.48. The molecule has 2 rings (SSSR count). The lowest BCUT2D eigenvalue weighted by Gasteiger charge is -2.15. The van der Waals surface area contributed by atoms with Crippen LogP contribution in [-0.2, 0) is 16.1 Å². The molecule has 0 radical (unpaired) electrons. The highest BCUT2D eigenvalue weighted by atomic mass is 32.2. The van der Waals surface area contributed by atoms with E-state index in [2.05, 4.69) is 0 Å². The molecule has 1 amide bonds. The Bertz CT molecular complexity index is 775. The van der Waals surface area contributed by atoms with Gasteiger partial charge in [-0.2, -0.15) is 0 Å². The van der Waals surface area contributed by atoms with Crippen molar-refractivity contribution in [3.63, 3.8) is 0 Å². The van der Waals surface area contributed by atoms with Crippen molar-refractivity contribution >= 4 is 29.3 Å². The number of hydrogen-bond donors (Lipinski definition) is 0. The minimum absolute atomic E-state index is 0.0194. The van der Waals surface area contributed by atoms with E-state index in [0.717, 1.165) is 6.07 Å². The van der Waals surface area contributed by atoms with Crippen LogP contribution in [-0.4, -0.2) is 41.6 Å². The fourth-order valence-corrected chi connectivity index (χ4v) is 2.55. The molecule has 1 heterocycles. The lowest BCUT2D eigenvalue weighted by atomic mass is 10.2. The van der Waals surface area contributed by atoms with Gasteiger partial charge in [0.2, 0.25) is 0 Å². The zero-order chi connectivity index (χ0) is 18.4. The summed E-state index contributed by atoms with van der Waals surface area (Å²) in [6.07, 6.45) is 3.20. The van der Waals surface area contributed by atoms with Gasteiger partial charge in [0.25, 0.3) is 11.6 Å². The summed E-state index contributed by atoms with van der Waals surface area (Å²) in [5.74, 6) is -0.610. The van der Waals surface area contributed by atoms with Crippen LogP contribution >= 0.6 is 11.8 Å². The number of nitro groups is 1. The number of likely N-dealkylation sites (N-methyl/N-ethyl adjacent to an activating group) is 1. The lowest BCUT2D eigenvalue weighted by Crippen LogP contribution is -2.30. The Balaban J connectivity index is 1.96. The van der Waals surface area contributed by atoms with Gasteiger partial charge in [-0.05, 0) is 30.5 Å². The molecule has 0 spiro atoms. The second-order valence-electron chi connectivity index (χ2n) is 5.05. The number of furan rings is 1. The largest absolute Gasteiger partial charge is 0.467 e. The van der Waals surface area contributed by atoms with Crippen LogP contribution in [0, 0.1) is 10.1 Å². The molecule has 2 aromatic rings. The van der Waals surface area contributed by atoms with Crippen LogP contribution in [0.15, 0.2) is 45.9 Å². The fraction of sp³-hybridized carbons (Fsp3) is 0.250. The molecular weight excluding hydrogens is 348 g/mol. The standard InChI is InChI=1S/C16H16N2O6S/c1-17(9-12-4-3-7-23-12)15(19)10-24-16(20)11-5-6-14(25-2)13(8-11)18(21)22/h3-8H,9-10H2,1-2H3. The number of rotatable bonds is 7. The maximum absolute atomic E-state index is 12.0. The van der Waals surface area contributed by atoms with Gasteiger partial charge in [-0.3, -0.25) is 14.9 Å². The summed E-state index contributed by atoms with van der Waals surface area (Å²) in [5, 5.41) is 11.0. The number of benzene rings is 1. The Morgan fingerprint density at radius 3 is 2.72 bits per heavy atom. The van der Waals surface area contributed by atoms with Crippen LogP contribution in [0.1, 0.15) is 16.1 Å². The first-order valence-corrected chi connectivity index (χ1v) is 8.40. The summed E-state index contributed by atoms with van der Waals surface area (Å²) in [7, 11) is 1.55. The Morgan fingerprint density at radius 2 is 2.12 bits per heavy atom. The molecule has 132 valence electrons. The number of esters is 1. The average molecular weight is 364 g/mol. The topological polar surface area (TPSA) is 103 Å². The van der Waals surface area contributed by atoms with Crippen LogP contribution in [0.2, 0.25) is 0 Å². The van der Waals surface area contributed by atoms with E-state index < -0.39 is 23.4 Å². The molecule has 0 aliphatic rings. The van der Waals surface area contributed by atoms with E-state index >= 15 is 0 Å². The van der Waals surface area contributed by atoms with Crippen LogP contribution in [0.4, 0.5) is 5.69 Å². The minimum atomic E-state index is -0.796. The minimum Gasteiger partial charge on any atom is -0.467 e. The first-order chi connectivity index (χ1) is 11.9. The third-order valence-electron chi connectivity index (χ3n) is 3.34. The highest BCUT2D eigenvalue weighted by molar-refractivity contribution is 7.98. The summed E-state index contributed by atoms with van der Waals surface area (Å²) in [5.41, 5.74) is -0.158. The molecule has 0 saturated carbocycles. The smallest absolute Gasteiger partial charge is 0.338 e. The van der Waals surface area contributed by atoms with Crippen LogP contribution in [0.25, 0.3) is 0 Å². The van der Waals surface area contributed by atoms with Gasteiger partial charge in [0.15, 0.2) is 6.61 Å². The number of nitrogens with zero attached hydrogens (tertiary/aromatic N) is 2. The molecule has 0 bridgehead atoms. The monoisotopic (exact) mass is 364 g/mol. The van der Waals surface area contributed by atoms with Gasteiger partial charge in [0, 0.05) is 13.1 Å². The molecule has 0 fully saturated rings. The Morgan fingerprint density at radius 1 is 1.36 bits per heavy atom. The second kappa shape index (κ2) is 8.34. The van der Waals surface area contributed by atoms with Crippen LogP contribution in [0.5, 0.6) is 0 Å². The normalized spacial score (nSPS) is 10.3. The quantitative estimate of drug-likeness (QED) is 0.322. The predicted octanol–water partition coefficient (Wildman–Crippen LogP) is 2.73. The van der Waals surface area contributed by atoms with E-state index in [1.165, 1.54) is 35.1 Å². The fourth-order valence-electron chi connectivity index (χ4n) is 2.00. The van der Waals surface area contributed by atoms with Gasteiger partial charge in [-0.1, -0.05) is 0 Å². The van der Waals surface area contributed by atoms with E-state index in [0.29, 0.717) is 10.7 Å². The van der Waals surface area contributed by atoms with E-state index in [-0.39, 0.29) is 17.8 Å². The number of ether oxygens (including phenoxy) is 1. The zero-order valence-corrected chi connectivity index (χ0v) is 14.4. The Hall–Kier alpha value is -2.81. The summed E-state index contributed by atoms with van der Waals surface area (Å²) in [4.78, 5) is 36.3. The van der Waals surface area contributed by atoms with Gasteiger partial charge in [-0.15, -0.1) is 11.8 Å². The van der Waals surface area contributed by atoms with Crippen molar-refractivity contribution in [1.29, 1.82) is 0 Å². The molecule has 0 saturated heterocycles. The number of carbonyl (C=O) groups is 2. The number of amides is 1. The van der Waals surface area contributed by atoms with E-state index in [1.54, 1.807) is 25.4 Å². The van der Waals surface area contributed by atoms with Gasteiger partial charge in [-0.25, -0.2) is 4.79 Å². The maximum atomic E-state index is 12.0. The molecule has 0 N–H and O–H groups in total. The summed E-state index contributed by atoms with van der Waals surface area (Å²) < 4.78 is 10.1. The van der Waals surface area contributed by atoms with Crippen molar-refractivity contribution in [2.45, 2.75) is 11.4 Å². The van der Waals surface area contributed by atoms with Crippen LogP contribution < -0.4 is 0 Å². The van der Waals surface area contributed by atoms with Gasteiger partial charge in [0.05, 0.1) is 28.2 Å². The van der Waals surface area contributed by atoms with Crippen molar-refractivity contribution < 1.29 is 23.7 Å². The number of thioether (sulfide) groups is 1. The number of nitro benzene ring substituents is 1. The van der Waals surface area contributed by atoms with Gasteiger partial charge >= 0.3 is 5.97 Å². The van der Waals surface area contributed by atoms with Crippen molar-refractivity contribution in [2.75, 3.05) is 19.9 Å². The molecule has 9 heteroatoms. The number of hydrogen-bond acceptors (Lipinski definition) is 7. The molecule has 8 nitrogen and oxygen atoms in total. The SMILES string of the molecule is CSc1ccc(C(=O)OCC(=O)N(C)Cc2ccco2)cc1[N+](=O)[O-]. The lowest BCUT2D eigenvalue weighted by molar-refractivity contribution is -0.387. The zero-order valence-electron chi connectivity index (χ0n) is 13.6. The summed E-state index contributed by atoms with van der Waals surface area (Å²) >= 11 is 1.20. The molecule has 0 aliphatic carbocycles. The molecule has 1 aromatic heterocycles. The highest BCUT2D eigenvalue weighted by Gasteiger charge is 2.19. The van der Waals surface area contributed by atoms with E-state index in [1.807, 2.05) is 0 Å². The maximum Gasteiger partial charge on any atom is 0.338 e. The van der Waals surface area contributed by atoms with Crippen LogP contribution in [0.3, 0.4) is 0 Å². The first-order valence-electron chi connectivity index (χ1n) is 7.18. The Labute approximate surface area is 147 Å². The molecule has 0 unspecified atom stereocenters. The predicted molar refractivity (Wildman–Crippen MR) is 90.3 cm³/mol. The molecule has 0 aliphatic heterocycles. The molecular formula is C16H16N2O6S. The van der Waals surface area contributed by atoms with Crippen molar-refractivity contribution in [2.24, 2.45) is 0 Å². The molecule has 0 atom stereocenters. The summed E-state index contributed by atoms with van der Waals surface area (Å²) in [6.45, 7) is -0.217. The number of carbonyl (C=O) groups excluding carboxylic acids is 2. The average Bonchev–Trinajstić information content (AvgIpc) is 3.11. The van der Waals surface area contributed by atoms with E-state index in [9.17, 15) is 19.7 Å².